The zero-order valence-corrected chi connectivity index (χ0v) is 13.1. The van der Waals surface area contributed by atoms with Crippen molar-refractivity contribution >= 4 is 34.7 Å². The molecule has 3 rings (SSSR count). The lowest BCUT2D eigenvalue weighted by Crippen LogP contribution is -2.22. The van der Waals surface area contributed by atoms with Crippen molar-refractivity contribution in [2.24, 2.45) is 0 Å². The Morgan fingerprint density at radius 3 is 2.45 bits per heavy atom. The van der Waals surface area contributed by atoms with Crippen LogP contribution in [-0.4, -0.2) is 12.4 Å². The summed E-state index contributed by atoms with van der Waals surface area (Å²) in [7, 11) is 0. The first-order valence-corrected chi connectivity index (χ1v) is 8.17. The number of fused-ring (bicyclic) bond motifs is 2. The third-order valence-electron chi connectivity index (χ3n) is 3.47. The first-order chi connectivity index (χ1) is 10.5. The molecule has 0 atom stereocenters. The minimum atomic E-state index is -4.33. The molecule has 2 aromatic rings. The van der Waals surface area contributed by atoms with Gasteiger partial charge in [0.05, 0.1) is 16.9 Å². The second-order valence-corrected chi connectivity index (χ2v) is 6.41. The Hall–Kier alpha value is -1.33. The van der Waals surface area contributed by atoms with Gasteiger partial charge in [-0.25, -0.2) is 0 Å². The van der Waals surface area contributed by atoms with Crippen LogP contribution in [-0.2, 0) is 6.18 Å². The Kier molecular flexibility index (Phi) is 4.28. The van der Waals surface area contributed by atoms with E-state index >= 15 is 0 Å². The van der Waals surface area contributed by atoms with E-state index in [2.05, 4.69) is 0 Å². The summed E-state index contributed by atoms with van der Waals surface area (Å²) in [5.41, 5.74) is 1.21. The molecule has 1 heterocycles. The van der Waals surface area contributed by atoms with Crippen LogP contribution in [0.5, 0.6) is 0 Å². The topological polar surface area (TPSA) is 3.24 Å². The lowest BCUT2D eigenvalue weighted by atomic mass is 10.1. The van der Waals surface area contributed by atoms with Crippen LogP contribution >= 0.6 is 23.4 Å². The van der Waals surface area contributed by atoms with E-state index < -0.39 is 11.7 Å². The summed E-state index contributed by atoms with van der Waals surface area (Å²) in [5, 5.41) is 0. The Morgan fingerprint density at radius 1 is 1.00 bits per heavy atom. The van der Waals surface area contributed by atoms with Crippen molar-refractivity contribution in [3.05, 3.63) is 48.0 Å². The molecule has 0 aliphatic carbocycles. The van der Waals surface area contributed by atoms with Gasteiger partial charge < -0.3 is 4.90 Å². The highest BCUT2D eigenvalue weighted by atomic mass is 35.5. The lowest BCUT2D eigenvalue weighted by molar-refractivity contribution is -0.137. The maximum absolute atomic E-state index is 12.9. The smallest absolute Gasteiger partial charge is 0.340 e. The van der Waals surface area contributed by atoms with E-state index in [-0.39, 0.29) is 0 Å². The average Bonchev–Trinajstić information content (AvgIpc) is 2.50. The first kappa shape index (κ1) is 15.6. The molecule has 2 aromatic carbocycles. The van der Waals surface area contributed by atoms with E-state index in [4.69, 9.17) is 11.6 Å². The normalized spacial score (nSPS) is 13.7. The molecule has 0 amide bonds. The van der Waals surface area contributed by atoms with Gasteiger partial charge >= 0.3 is 6.18 Å². The molecule has 1 nitrogen and oxygen atoms in total. The number of alkyl halides is 4. The van der Waals surface area contributed by atoms with E-state index in [9.17, 15) is 13.2 Å². The quantitative estimate of drug-likeness (QED) is 0.635. The van der Waals surface area contributed by atoms with Crippen molar-refractivity contribution in [3.8, 4) is 0 Å². The van der Waals surface area contributed by atoms with Gasteiger partial charge in [-0.1, -0.05) is 23.9 Å². The Bertz CT molecular complexity index is 687. The third-order valence-corrected chi connectivity index (χ3v) is 4.85. The molecule has 1 aliphatic rings. The summed E-state index contributed by atoms with van der Waals surface area (Å²) >= 11 is 7.15. The molecule has 0 saturated heterocycles. The first-order valence-electron chi connectivity index (χ1n) is 6.82. The van der Waals surface area contributed by atoms with Gasteiger partial charge in [-0.15, -0.1) is 11.6 Å². The van der Waals surface area contributed by atoms with Crippen molar-refractivity contribution in [1.29, 1.82) is 0 Å². The van der Waals surface area contributed by atoms with Crippen LogP contribution < -0.4 is 4.90 Å². The molecule has 116 valence electrons. The largest absolute Gasteiger partial charge is 0.416 e. The van der Waals surface area contributed by atoms with E-state index in [1.165, 1.54) is 17.8 Å². The van der Waals surface area contributed by atoms with Crippen LogP contribution in [0.15, 0.2) is 52.3 Å². The Morgan fingerprint density at radius 2 is 1.73 bits per heavy atom. The van der Waals surface area contributed by atoms with Crippen LogP contribution in [0.3, 0.4) is 0 Å². The molecule has 6 heteroatoms. The second kappa shape index (κ2) is 6.05. The third kappa shape index (κ3) is 2.92. The number of hydrogen-bond donors (Lipinski definition) is 0. The minimum Gasteiger partial charge on any atom is -0.340 e. The Balaban J connectivity index is 2.06. The fourth-order valence-electron chi connectivity index (χ4n) is 2.47. The zero-order chi connectivity index (χ0) is 15.7. The summed E-state index contributed by atoms with van der Waals surface area (Å²) in [5.74, 6) is 0.516. The number of halogens is 4. The van der Waals surface area contributed by atoms with Crippen molar-refractivity contribution in [3.63, 3.8) is 0 Å². The summed E-state index contributed by atoms with van der Waals surface area (Å²) in [6.45, 7) is 0.680. The van der Waals surface area contributed by atoms with Gasteiger partial charge in [0.15, 0.2) is 0 Å². The highest BCUT2D eigenvalue weighted by molar-refractivity contribution is 7.99. The molecule has 1 aliphatic heterocycles. The summed E-state index contributed by atoms with van der Waals surface area (Å²) in [6.07, 6.45) is -3.56. The number of hydrogen-bond acceptors (Lipinski definition) is 2. The molecular weight excluding hydrogens is 331 g/mol. The SMILES string of the molecule is FC(F)(F)c1ccc2c(c1)Sc1ccccc1N2CCCCl. The van der Waals surface area contributed by atoms with E-state index in [0.717, 1.165) is 28.8 Å². The maximum atomic E-state index is 12.9. The van der Waals surface area contributed by atoms with Gasteiger partial charge in [-0.05, 0) is 36.8 Å². The zero-order valence-electron chi connectivity index (χ0n) is 11.5. The fraction of sp³-hybridized carbons (Fsp3) is 0.250. The highest BCUT2D eigenvalue weighted by Crippen LogP contribution is 2.49. The highest BCUT2D eigenvalue weighted by Gasteiger charge is 2.32. The van der Waals surface area contributed by atoms with Crippen LogP contribution in [0.1, 0.15) is 12.0 Å². The summed E-state index contributed by atoms with van der Waals surface area (Å²) < 4.78 is 38.7. The van der Waals surface area contributed by atoms with Crippen molar-refractivity contribution in [2.45, 2.75) is 22.4 Å². The summed E-state index contributed by atoms with van der Waals surface area (Å²) in [6, 6.07) is 11.7. The summed E-state index contributed by atoms with van der Waals surface area (Å²) in [4.78, 5) is 3.64. The number of anilines is 2. The molecule has 0 fully saturated rings. The van der Waals surface area contributed by atoms with Crippen molar-refractivity contribution in [1.82, 2.24) is 0 Å². The van der Waals surface area contributed by atoms with Crippen LogP contribution in [0.2, 0.25) is 0 Å². The molecule has 0 bridgehead atoms. The predicted octanol–water partition coefficient (Wildman–Crippen LogP) is 5.94. The number of para-hydroxylation sites is 1. The van der Waals surface area contributed by atoms with Crippen LogP contribution in [0, 0.1) is 0 Å². The van der Waals surface area contributed by atoms with Crippen molar-refractivity contribution in [2.75, 3.05) is 17.3 Å². The van der Waals surface area contributed by atoms with E-state index in [1.807, 2.05) is 29.2 Å². The van der Waals surface area contributed by atoms with Gasteiger partial charge in [-0.2, -0.15) is 13.2 Å². The second-order valence-electron chi connectivity index (χ2n) is 4.94. The molecular formula is C16H13ClF3NS. The Labute approximate surface area is 136 Å². The standard InChI is InChI=1S/C16H13ClF3NS/c17-8-3-9-21-12-4-1-2-5-14(12)22-15-10-11(16(18,19)20)6-7-13(15)21/h1-2,4-7,10H,3,8-9H2. The van der Waals surface area contributed by atoms with Gasteiger partial charge in [-0.3, -0.25) is 0 Å². The number of nitrogens with zero attached hydrogens (tertiary/aromatic N) is 1. The van der Waals surface area contributed by atoms with E-state index in [1.54, 1.807) is 6.07 Å². The number of benzene rings is 2. The van der Waals surface area contributed by atoms with Crippen molar-refractivity contribution < 1.29 is 13.2 Å². The molecule has 0 unspecified atom stereocenters. The maximum Gasteiger partial charge on any atom is 0.416 e. The molecule has 0 saturated carbocycles. The monoisotopic (exact) mass is 343 g/mol. The van der Waals surface area contributed by atoms with E-state index in [0.29, 0.717) is 17.3 Å². The number of rotatable bonds is 3. The molecule has 0 radical (unpaired) electrons. The predicted molar refractivity (Wildman–Crippen MR) is 84.4 cm³/mol. The van der Waals surface area contributed by atoms with Gasteiger partial charge in [0.1, 0.15) is 0 Å². The molecule has 0 spiro atoms. The van der Waals surface area contributed by atoms with Crippen LogP contribution in [0.25, 0.3) is 0 Å². The van der Waals surface area contributed by atoms with Gasteiger partial charge in [0, 0.05) is 22.2 Å². The fourth-order valence-corrected chi connectivity index (χ4v) is 3.72. The average molecular weight is 344 g/mol. The molecule has 0 N–H and O–H groups in total. The van der Waals surface area contributed by atoms with Crippen LogP contribution in [0.4, 0.5) is 24.5 Å². The lowest BCUT2D eigenvalue weighted by Gasteiger charge is -2.33. The minimum absolute atomic E-state index is 0.516. The van der Waals surface area contributed by atoms with Gasteiger partial charge in [0.2, 0.25) is 0 Å². The molecule has 0 aromatic heterocycles. The van der Waals surface area contributed by atoms with Gasteiger partial charge in [0.25, 0.3) is 0 Å². The molecule has 22 heavy (non-hydrogen) atoms.